The molecule has 2 heterocycles. The van der Waals surface area contributed by atoms with Crippen LogP contribution in [0.4, 0.5) is 16.3 Å². The Kier molecular flexibility index (Phi) is 5.65. The van der Waals surface area contributed by atoms with Gasteiger partial charge in [0.1, 0.15) is 11.8 Å². The third kappa shape index (κ3) is 4.06. The van der Waals surface area contributed by atoms with Gasteiger partial charge in [-0.3, -0.25) is 5.10 Å². The fourth-order valence-corrected chi connectivity index (χ4v) is 3.59. The first-order chi connectivity index (χ1) is 15.3. The van der Waals surface area contributed by atoms with E-state index in [1.807, 2.05) is 32.0 Å². The van der Waals surface area contributed by atoms with E-state index in [0.717, 1.165) is 15.9 Å². The summed E-state index contributed by atoms with van der Waals surface area (Å²) in [5.41, 5.74) is 1.19. The fraction of sp³-hybridized carbons (Fsp3) is 0.143. The Hall–Kier alpha value is -3.74. The van der Waals surface area contributed by atoms with Crippen molar-refractivity contribution in [2.75, 3.05) is 10.3 Å². The summed E-state index contributed by atoms with van der Waals surface area (Å²) in [6.45, 7) is 7.62. The Bertz CT molecular complexity index is 1300. The molecule has 11 heteroatoms. The maximum absolute atomic E-state index is 12.3. The number of H-pyrrole nitrogens is 1. The number of ether oxygens (including phenoxy) is 1. The van der Waals surface area contributed by atoms with Gasteiger partial charge in [-0.2, -0.15) is 20.5 Å². The molecule has 0 fully saturated rings. The molecule has 2 amide bonds. The number of hydrogen-bond acceptors (Lipinski definition) is 6. The van der Waals surface area contributed by atoms with E-state index in [4.69, 9.17) is 33.2 Å². The molecule has 0 saturated carbocycles. The lowest BCUT2D eigenvalue weighted by Gasteiger charge is -2.24. The zero-order valence-corrected chi connectivity index (χ0v) is 18.5. The summed E-state index contributed by atoms with van der Waals surface area (Å²) >= 11 is 12.8. The van der Waals surface area contributed by atoms with Crippen LogP contribution in [-0.4, -0.2) is 28.0 Å². The van der Waals surface area contributed by atoms with E-state index >= 15 is 0 Å². The van der Waals surface area contributed by atoms with Gasteiger partial charge in [0, 0.05) is 11.4 Å². The predicted octanol–water partition coefficient (Wildman–Crippen LogP) is 5.41. The molecule has 0 radical (unpaired) electrons. The molecule has 1 aliphatic rings. The van der Waals surface area contributed by atoms with Crippen LogP contribution in [0.25, 0.3) is 10.9 Å². The molecule has 162 valence electrons. The second-order valence-electron chi connectivity index (χ2n) is 7.20. The average molecular weight is 470 g/mol. The molecule has 0 bridgehead atoms. The molecule has 32 heavy (non-hydrogen) atoms. The lowest BCUT2D eigenvalue weighted by molar-refractivity contribution is 0.248. The van der Waals surface area contributed by atoms with Gasteiger partial charge in [-0.05, 0) is 44.2 Å². The van der Waals surface area contributed by atoms with Crippen LogP contribution in [-0.2, 0) is 0 Å². The number of nitriles is 1. The molecule has 3 N–H and O–H groups in total. The Labute approximate surface area is 193 Å². The molecule has 0 spiro atoms. The number of carbonyl (C=O) groups excluding carboxylic acids is 1. The van der Waals surface area contributed by atoms with E-state index in [1.54, 1.807) is 6.07 Å². The Morgan fingerprint density at radius 2 is 1.97 bits per heavy atom. The second kappa shape index (κ2) is 8.42. The van der Waals surface area contributed by atoms with Gasteiger partial charge in [0.15, 0.2) is 17.3 Å². The molecule has 1 aromatic heterocycles. The lowest BCUT2D eigenvalue weighted by Crippen LogP contribution is -2.42. The molecule has 0 unspecified atom stereocenters. The van der Waals surface area contributed by atoms with Crippen LogP contribution < -0.4 is 20.4 Å². The molecular formula is C21H17Cl2N7O2. The number of rotatable bonds is 5. The first-order valence-electron chi connectivity index (χ1n) is 9.47. The molecular weight excluding hydrogens is 453 g/mol. The standard InChI is InChI=1S/C21H17Cl2N7O2/c1-10(2)25-20-14-8-13(4-5-17(14)27-28-20)32-19-15(22)6-12(7-16(19)23)30-21(31)26-11(3)18(9-24)29-30/h4-8,10H,3H2,1-2H3,(H,26,31)(H2,25,27,28). The van der Waals surface area contributed by atoms with Crippen LogP contribution >= 0.6 is 23.2 Å². The minimum Gasteiger partial charge on any atom is -0.454 e. The van der Waals surface area contributed by atoms with Crippen molar-refractivity contribution < 1.29 is 9.53 Å². The number of amides is 2. The fourth-order valence-electron chi connectivity index (χ4n) is 3.04. The zero-order chi connectivity index (χ0) is 23.0. The number of carbonyl (C=O) groups is 1. The van der Waals surface area contributed by atoms with Gasteiger partial charge in [-0.15, -0.1) is 0 Å². The van der Waals surface area contributed by atoms with Crippen molar-refractivity contribution in [2.24, 2.45) is 5.10 Å². The first-order valence-corrected chi connectivity index (χ1v) is 10.2. The SMILES string of the molecule is C=C1NC(=O)N(c2cc(Cl)c(Oc3ccc4[nH]nc(NC(C)C)c4c3)c(Cl)c2)N=C1C#N. The molecule has 2 aromatic carbocycles. The second-order valence-corrected chi connectivity index (χ2v) is 8.01. The van der Waals surface area contributed by atoms with Crippen molar-refractivity contribution in [1.82, 2.24) is 15.5 Å². The third-order valence-corrected chi connectivity index (χ3v) is 5.01. The normalized spacial score (nSPS) is 13.8. The maximum atomic E-state index is 12.3. The van der Waals surface area contributed by atoms with E-state index in [2.05, 4.69) is 32.5 Å². The highest BCUT2D eigenvalue weighted by Gasteiger charge is 2.26. The van der Waals surface area contributed by atoms with Gasteiger partial charge in [0.25, 0.3) is 0 Å². The monoisotopic (exact) mass is 469 g/mol. The van der Waals surface area contributed by atoms with Gasteiger partial charge >= 0.3 is 6.03 Å². The number of hydrogen-bond donors (Lipinski definition) is 3. The van der Waals surface area contributed by atoms with E-state index in [9.17, 15) is 4.79 Å². The summed E-state index contributed by atoms with van der Waals surface area (Å²) in [6, 6.07) is 9.83. The predicted molar refractivity (Wildman–Crippen MR) is 125 cm³/mol. The van der Waals surface area contributed by atoms with Crippen LogP contribution in [0.3, 0.4) is 0 Å². The van der Waals surface area contributed by atoms with E-state index in [1.165, 1.54) is 12.1 Å². The minimum absolute atomic E-state index is 0.0311. The number of fused-ring (bicyclic) bond motifs is 1. The van der Waals surface area contributed by atoms with Gasteiger partial charge < -0.3 is 15.4 Å². The number of aromatic amines is 1. The number of halogens is 2. The largest absolute Gasteiger partial charge is 0.454 e. The van der Waals surface area contributed by atoms with Crippen LogP contribution in [0.2, 0.25) is 10.0 Å². The summed E-state index contributed by atoms with van der Waals surface area (Å²) in [5.74, 6) is 1.42. The number of hydrazone groups is 1. The molecule has 0 aliphatic carbocycles. The van der Waals surface area contributed by atoms with Crippen LogP contribution in [0, 0.1) is 11.3 Å². The zero-order valence-electron chi connectivity index (χ0n) is 17.0. The number of anilines is 2. The number of benzene rings is 2. The molecule has 3 aromatic rings. The number of allylic oxidation sites excluding steroid dienone is 1. The van der Waals surface area contributed by atoms with E-state index < -0.39 is 6.03 Å². The third-order valence-electron chi connectivity index (χ3n) is 4.45. The molecule has 0 atom stereocenters. The molecule has 9 nitrogen and oxygen atoms in total. The summed E-state index contributed by atoms with van der Waals surface area (Å²) in [6.07, 6.45) is 0. The highest BCUT2D eigenvalue weighted by atomic mass is 35.5. The van der Waals surface area contributed by atoms with Gasteiger partial charge in [-0.1, -0.05) is 29.8 Å². The maximum Gasteiger partial charge on any atom is 0.347 e. The van der Waals surface area contributed by atoms with Gasteiger partial charge in [0.2, 0.25) is 0 Å². The number of nitrogens with one attached hydrogen (secondary N) is 3. The molecule has 1 aliphatic heterocycles. The smallest absolute Gasteiger partial charge is 0.347 e. The Morgan fingerprint density at radius 1 is 1.25 bits per heavy atom. The number of urea groups is 1. The van der Waals surface area contributed by atoms with Crippen molar-refractivity contribution in [3.8, 4) is 17.6 Å². The van der Waals surface area contributed by atoms with E-state index in [-0.39, 0.29) is 38.9 Å². The average Bonchev–Trinajstić information content (AvgIpc) is 3.12. The highest BCUT2D eigenvalue weighted by Crippen LogP contribution is 2.41. The van der Waals surface area contributed by atoms with Crippen LogP contribution in [0.15, 0.2) is 47.7 Å². The lowest BCUT2D eigenvalue weighted by atomic mass is 10.2. The summed E-state index contributed by atoms with van der Waals surface area (Å²) in [4.78, 5) is 12.3. The summed E-state index contributed by atoms with van der Waals surface area (Å²) < 4.78 is 5.95. The van der Waals surface area contributed by atoms with Crippen LogP contribution in [0.5, 0.6) is 11.5 Å². The van der Waals surface area contributed by atoms with Crippen molar-refractivity contribution >= 4 is 57.4 Å². The number of aromatic nitrogens is 2. The van der Waals surface area contributed by atoms with Crippen molar-refractivity contribution in [1.29, 1.82) is 5.26 Å². The summed E-state index contributed by atoms with van der Waals surface area (Å²) in [7, 11) is 0. The van der Waals surface area contributed by atoms with Crippen LogP contribution in [0.1, 0.15) is 13.8 Å². The molecule has 4 rings (SSSR count). The summed E-state index contributed by atoms with van der Waals surface area (Å²) in [5, 5.41) is 28.3. The topological polar surface area (TPSA) is 118 Å². The van der Waals surface area contributed by atoms with Gasteiger partial charge in [0.05, 0.1) is 26.9 Å². The number of nitrogens with zero attached hydrogens (tertiary/aromatic N) is 4. The Morgan fingerprint density at radius 3 is 2.62 bits per heavy atom. The first kappa shape index (κ1) is 21.5. The highest BCUT2D eigenvalue weighted by molar-refractivity contribution is 6.37. The minimum atomic E-state index is -0.592. The van der Waals surface area contributed by atoms with E-state index in [0.29, 0.717) is 11.6 Å². The van der Waals surface area contributed by atoms with Gasteiger partial charge in [-0.25, -0.2) is 4.79 Å². The quantitative estimate of drug-likeness (QED) is 0.461. The van der Waals surface area contributed by atoms with Crippen molar-refractivity contribution in [3.63, 3.8) is 0 Å². The Balaban J connectivity index is 1.66. The van der Waals surface area contributed by atoms with Crippen molar-refractivity contribution in [3.05, 3.63) is 52.7 Å². The van der Waals surface area contributed by atoms with Crippen molar-refractivity contribution in [2.45, 2.75) is 19.9 Å². The molecule has 0 saturated heterocycles.